The molecule has 0 unspecified atom stereocenters. The predicted octanol–water partition coefficient (Wildman–Crippen LogP) is -0.392. The third kappa shape index (κ3) is 3.09. The number of amides is 3. The molecule has 100 valence electrons. The van der Waals surface area contributed by atoms with Gasteiger partial charge in [0.15, 0.2) is 0 Å². The summed E-state index contributed by atoms with van der Waals surface area (Å²) >= 11 is 0. The van der Waals surface area contributed by atoms with Gasteiger partial charge in [-0.15, -0.1) is 0 Å². The predicted molar refractivity (Wildman–Crippen MR) is 67.7 cm³/mol. The van der Waals surface area contributed by atoms with Crippen molar-refractivity contribution in [1.29, 1.82) is 0 Å². The van der Waals surface area contributed by atoms with E-state index in [-0.39, 0.29) is 24.7 Å². The highest BCUT2D eigenvalue weighted by atomic mass is 16.2. The summed E-state index contributed by atoms with van der Waals surface area (Å²) in [6.45, 7) is 0. The largest absolute Gasteiger partial charge is 0.370 e. The van der Waals surface area contributed by atoms with E-state index in [4.69, 9.17) is 5.73 Å². The monoisotopic (exact) mass is 261 g/mol. The number of rotatable bonds is 4. The molecule has 0 radical (unpaired) electrons. The highest BCUT2D eigenvalue weighted by Gasteiger charge is 2.34. The van der Waals surface area contributed by atoms with Gasteiger partial charge >= 0.3 is 0 Å². The van der Waals surface area contributed by atoms with Gasteiger partial charge in [0.25, 0.3) is 0 Å². The maximum absolute atomic E-state index is 12.0. The van der Waals surface area contributed by atoms with Crippen LogP contribution in [0.15, 0.2) is 30.3 Å². The number of nitrogens with one attached hydrogen (secondary N) is 2. The summed E-state index contributed by atoms with van der Waals surface area (Å²) < 4.78 is 0. The van der Waals surface area contributed by atoms with E-state index in [0.717, 1.165) is 5.56 Å². The Morgan fingerprint density at radius 1 is 1.11 bits per heavy atom. The van der Waals surface area contributed by atoms with E-state index in [2.05, 4.69) is 10.6 Å². The van der Waals surface area contributed by atoms with Crippen LogP contribution in [0.3, 0.4) is 0 Å². The molecule has 1 aromatic carbocycles. The molecule has 1 aromatic rings. The van der Waals surface area contributed by atoms with Gasteiger partial charge in [0, 0.05) is 6.42 Å². The standard InChI is InChI=1S/C13H15N3O3/c14-10(17)7-6-9-12(18)16-11(13(19)15-9)8-4-2-1-3-5-8/h1-5,9,11H,6-7H2,(H2,14,17)(H,15,19)(H,16,18)/t9-,11+/m1/s1. The van der Waals surface area contributed by atoms with Gasteiger partial charge in [0.05, 0.1) is 0 Å². The van der Waals surface area contributed by atoms with E-state index in [1.807, 2.05) is 6.07 Å². The minimum absolute atomic E-state index is 0.0639. The third-order valence-corrected chi connectivity index (χ3v) is 2.99. The molecule has 0 aromatic heterocycles. The molecule has 2 rings (SSSR count). The van der Waals surface area contributed by atoms with Crippen LogP contribution in [0, 0.1) is 0 Å². The molecule has 1 heterocycles. The molecule has 2 atom stereocenters. The van der Waals surface area contributed by atoms with E-state index >= 15 is 0 Å². The SMILES string of the molecule is NC(=O)CC[C@H]1NC(=O)[C@H](c2ccccc2)NC1=O. The van der Waals surface area contributed by atoms with Gasteiger partial charge in [-0.25, -0.2) is 0 Å². The van der Waals surface area contributed by atoms with Crippen molar-refractivity contribution in [2.45, 2.75) is 24.9 Å². The fourth-order valence-corrected chi connectivity index (χ4v) is 2.00. The van der Waals surface area contributed by atoms with Crippen LogP contribution in [0.1, 0.15) is 24.4 Å². The lowest BCUT2D eigenvalue weighted by molar-refractivity contribution is -0.137. The second-order valence-corrected chi connectivity index (χ2v) is 4.42. The molecule has 1 aliphatic heterocycles. The zero-order valence-corrected chi connectivity index (χ0v) is 10.3. The molecule has 0 aliphatic carbocycles. The van der Waals surface area contributed by atoms with Crippen molar-refractivity contribution in [1.82, 2.24) is 10.6 Å². The first kappa shape index (κ1) is 13.1. The van der Waals surface area contributed by atoms with Gasteiger partial charge in [0.2, 0.25) is 17.7 Å². The quantitative estimate of drug-likeness (QED) is 0.687. The average Bonchev–Trinajstić information content (AvgIpc) is 2.40. The van der Waals surface area contributed by atoms with Crippen LogP contribution < -0.4 is 16.4 Å². The van der Waals surface area contributed by atoms with E-state index in [1.165, 1.54) is 0 Å². The highest BCUT2D eigenvalue weighted by molar-refractivity contribution is 5.97. The number of carbonyl (C=O) groups excluding carboxylic acids is 3. The number of carbonyl (C=O) groups is 3. The maximum Gasteiger partial charge on any atom is 0.247 e. The summed E-state index contributed by atoms with van der Waals surface area (Å²) in [5.41, 5.74) is 5.75. The van der Waals surface area contributed by atoms with Gasteiger partial charge in [-0.2, -0.15) is 0 Å². The molecule has 1 saturated heterocycles. The molecule has 4 N–H and O–H groups in total. The Hall–Kier alpha value is -2.37. The zero-order valence-electron chi connectivity index (χ0n) is 10.3. The molecule has 19 heavy (non-hydrogen) atoms. The number of primary amides is 1. The molecule has 1 aliphatic rings. The van der Waals surface area contributed by atoms with Crippen molar-refractivity contribution in [2.75, 3.05) is 0 Å². The lowest BCUT2D eigenvalue weighted by atomic mass is 10.0. The second kappa shape index (κ2) is 5.51. The fraction of sp³-hybridized carbons (Fsp3) is 0.308. The first-order valence-corrected chi connectivity index (χ1v) is 6.02. The number of hydrogen-bond donors (Lipinski definition) is 3. The van der Waals surface area contributed by atoms with E-state index < -0.39 is 18.0 Å². The smallest absolute Gasteiger partial charge is 0.247 e. The Labute approximate surface area is 110 Å². The average molecular weight is 261 g/mol. The Morgan fingerprint density at radius 3 is 2.42 bits per heavy atom. The molecule has 6 heteroatoms. The fourth-order valence-electron chi connectivity index (χ4n) is 2.00. The summed E-state index contributed by atoms with van der Waals surface area (Å²) in [6.07, 6.45) is 0.281. The van der Waals surface area contributed by atoms with Crippen molar-refractivity contribution >= 4 is 17.7 Å². The van der Waals surface area contributed by atoms with Gasteiger partial charge in [-0.1, -0.05) is 30.3 Å². The Kier molecular flexibility index (Phi) is 3.79. The van der Waals surface area contributed by atoms with Crippen LogP contribution in [-0.4, -0.2) is 23.8 Å². The first-order valence-electron chi connectivity index (χ1n) is 6.02. The van der Waals surface area contributed by atoms with Gasteiger partial charge < -0.3 is 16.4 Å². The van der Waals surface area contributed by atoms with Gasteiger partial charge in [-0.3, -0.25) is 14.4 Å². The van der Waals surface area contributed by atoms with E-state index in [9.17, 15) is 14.4 Å². The number of nitrogens with two attached hydrogens (primary N) is 1. The van der Waals surface area contributed by atoms with Crippen molar-refractivity contribution in [3.05, 3.63) is 35.9 Å². The molecular formula is C13H15N3O3. The Balaban J connectivity index is 2.04. The summed E-state index contributed by atoms with van der Waals surface area (Å²) in [5.74, 6) is -1.07. The Morgan fingerprint density at radius 2 is 1.79 bits per heavy atom. The van der Waals surface area contributed by atoms with Crippen LogP contribution in [0.5, 0.6) is 0 Å². The maximum atomic E-state index is 12.0. The summed E-state index contributed by atoms with van der Waals surface area (Å²) in [7, 11) is 0. The van der Waals surface area contributed by atoms with Gasteiger partial charge in [0.1, 0.15) is 12.1 Å². The van der Waals surface area contributed by atoms with E-state index in [1.54, 1.807) is 24.3 Å². The van der Waals surface area contributed by atoms with Crippen LogP contribution in [-0.2, 0) is 14.4 Å². The van der Waals surface area contributed by atoms with Crippen LogP contribution in [0.4, 0.5) is 0 Å². The topological polar surface area (TPSA) is 101 Å². The minimum atomic E-state index is -0.694. The molecule has 0 bridgehead atoms. The third-order valence-electron chi connectivity index (χ3n) is 2.99. The van der Waals surface area contributed by atoms with Crippen LogP contribution in [0.25, 0.3) is 0 Å². The van der Waals surface area contributed by atoms with Crippen LogP contribution in [0.2, 0.25) is 0 Å². The lowest BCUT2D eigenvalue weighted by Crippen LogP contribution is -2.57. The molecule has 3 amide bonds. The minimum Gasteiger partial charge on any atom is -0.370 e. The molecular weight excluding hydrogens is 246 g/mol. The number of hydrogen-bond acceptors (Lipinski definition) is 3. The highest BCUT2D eigenvalue weighted by Crippen LogP contribution is 2.17. The van der Waals surface area contributed by atoms with Crippen molar-refractivity contribution in [2.24, 2.45) is 5.73 Å². The zero-order chi connectivity index (χ0) is 13.8. The van der Waals surface area contributed by atoms with E-state index in [0.29, 0.717) is 0 Å². The molecule has 0 spiro atoms. The number of benzene rings is 1. The summed E-state index contributed by atoms with van der Waals surface area (Å²) in [6, 6.07) is 7.60. The van der Waals surface area contributed by atoms with Crippen LogP contribution >= 0.6 is 0 Å². The summed E-state index contributed by atoms with van der Waals surface area (Å²) in [4.78, 5) is 34.5. The summed E-state index contributed by atoms with van der Waals surface area (Å²) in [5, 5.41) is 5.26. The second-order valence-electron chi connectivity index (χ2n) is 4.42. The number of piperazine rings is 1. The normalized spacial score (nSPS) is 22.5. The lowest BCUT2D eigenvalue weighted by Gasteiger charge is -2.29. The first-order chi connectivity index (χ1) is 9.08. The van der Waals surface area contributed by atoms with Crippen molar-refractivity contribution < 1.29 is 14.4 Å². The van der Waals surface area contributed by atoms with Gasteiger partial charge in [-0.05, 0) is 12.0 Å². The molecule has 6 nitrogen and oxygen atoms in total. The van der Waals surface area contributed by atoms with Crippen molar-refractivity contribution in [3.63, 3.8) is 0 Å². The molecule has 0 saturated carbocycles. The Bertz CT molecular complexity index is 501. The molecule has 1 fully saturated rings. The van der Waals surface area contributed by atoms with Crippen molar-refractivity contribution in [3.8, 4) is 0 Å².